The first kappa shape index (κ1) is 15.7. The molecule has 0 amide bonds. The quantitative estimate of drug-likeness (QED) is 0.657. The smallest absolute Gasteiger partial charge is 0.550 e. The van der Waals surface area contributed by atoms with E-state index in [2.05, 4.69) is 4.98 Å². The van der Waals surface area contributed by atoms with Crippen molar-refractivity contribution in [1.82, 2.24) is 4.98 Å². The summed E-state index contributed by atoms with van der Waals surface area (Å²) in [4.78, 5) is 14.6. The van der Waals surface area contributed by atoms with Crippen molar-refractivity contribution in [2.24, 2.45) is 0 Å². The van der Waals surface area contributed by atoms with Crippen LogP contribution >= 0.6 is 22.9 Å². The van der Waals surface area contributed by atoms with Gasteiger partial charge >= 0.3 is 29.6 Å². The summed E-state index contributed by atoms with van der Waals surface area (Å²) < 4.78 is 0. The Bertz CT molecular complexity index is 544. The molecule has 3 nitrogen and oxygen atoms in total. The molecule has 0 fully saturated rings. The topological polar surface area (TPSA) is 53.0 Å². The predicted molar refractivity (Wildman–Crippen MR) is 65.1 cm³/mol. The number of carbonyl (C=O) groups is 1. The van der Waals surface area contributed by atoms with Gasteiger partial charge in [-0.05, 0) is 17.7 Å². The van der Waals surface area contributed by atoms with E-state index in [4.69, 9.17) is 11.6 Å². The Morgan fingerprint density at radius 3 is 2.89 bits per heavy atom. The van der Waals surface area contributed by atoms with E-state index < -0.39 is 5.97 Å². The summed E-state index contributed by atoms with van der Waals surface area (Å²) in [6, 6.07) is 7.54. The number of carboxylic acids is 1. The van der Waals surface area contributed by atoms with Crippen molar-refractivity contribution in [2.45, 2.75) is 12.8 Å². The number of aromatic nitrogens is 1. The van der Waals surface area contributed by atoms with Crippen molar-refractivity contribution in [3.05, 3.63) is 50.9 Å². The van der Waals surface area contributed by atoms with Crippen molar-refractivity contribution in [3.8, 4) is 0 Å². The van der Waals surface area contributed by atoms with E-state index >= 15 is 0 Å². The van der Waals surface area contributed by atoms with E-state index in [1.54, 1.807) is 5.38 Å². The number of hydrogen-bond acceptors (Lipinski definition) is 4. The fourth-order valence-corrected chi connectivity index (χ4v) is 2.52. The second kappa shape index (κ2) is 7.26. The van der Waals surface area contributed by atoms with Crippen LogP contribution in [0.3, 0.4) is 0 Å². The number of benzene rings is 1. The number of aliphatic carboxylic acids is 1. The fourth-order valence-electron chi connectivity index (χ4n) is 1.48. The Hall–Kier alpha value is -0.390. The third kappa shape index (κ3) is 4.71. The third-order valence-corrected chi connectivity index (χ3v) is 3.30. The zero-order valence-electron chi connectivity index (χ0n) is 9.85. The van der Waals surface area contributed by atoms with Crippen LogP contribution in [0.15, 0.2) is 29.6 Å². The molecule has 2 rings (SSSR count). The summed E-state index contributed by atoms with van der Waals surface area (Å²) >= 11 is 7.33. The van der Waals surface area contributed by atoms with Gasteiger partial charge in [0.05, 0.1) is 10.7 Å². The molecule has 0 aliphatic carbocycles. The molecule has 1 aromatic carbocycles. The molecule has 0 N–H and O–H groups in total. The number of rotatable bonds is 4. The zero-order valence-corrected chi connectivity index (χ0v) is 13.4. The monoisotopic (exact) mass is 289 g/mol. The normalized spacial score (nSPS) is 9.83. The van der Waals surface area contributed by atoms with E-state index in [0.29, 0.717) is 17.1 Å². The average molecular weight is 290 g/mol. The largest absolute Gasteiger partial charge is 1.00 e. The van der Waals surface area contributed by atoms with Crippen LogP contribution in [0.5, 0.6) is 0 Å². The van der Waals surface area contributed by atoms with Gasteiger partial charge in [0.2, 0.25) is 0 Å². The van der Waals surface area contributed by atoms with Gasteiger partial charge in [-0.3, -0.25) is 0 Å². The minimum absolute atomic E-state index is 0. The van der Waals surface area contributed by atoms with Crippen LogP contribution in [-0.4, -0.2) is 11.0 Å². The Morgan fingerprint density at radius 2 is 2.22 bits per heavy atom. The van der Waals surface area contributed by atoms with Crippen LogP contribution < -0.4 is 34.7 Å². The number of carbonyl (C=O) groups excluding carboxylic acids is 1. The molecule has 0 spiro atoms. The molecule has 18 heavy (non-hydrogen) atoms. The van der Waals surface area contributed by atoms with Crippen molar-refractivity contribution in [1.29, 1.82) is 0 Å². The van der Waals surface area contributed by atoms with Gasteiger partial charge < -0.3 is 9.90 Å². The third-order valence-electron chi connectivity index (χ3n) is 2.17. The first-order valence-corrected chi connectivity index (χ1v) is 6.27. The van der Waals surface area contributed by atoms with Gasteiger partial charge in [-0.2, -0.15) is 0 Å². The molecule has 0 saturated heterocycles. The molecule has 0 atom stereocenters. The first-order chi connectivity index (χ1) is 8.13. The van der Waals surface area contributed by atoms with Crippen molar-refractivity contribution in [3.63, 3.8) is 0 Å². The summed E-state index contributed by atoms with van der Waals surface area (Å²) in [5, 5.41) is 13.7. The van der Waals surface area contributed by atoms with Crippen LogP contribution in [-0.2, 0) is 17.6 Å². The van der Waals surface area contributed by atoms with Crippen LogP contribution in [0.4, 0.5) is 0 Å². The molecule has 88 valence electrons. The first-order valence-electron chi connectivity index (χ1n) is 5.01. The van der Waals surface area contributed by atoms with E-state index in [1.165, 1.54) is 11.3 Å². The standard InChI is InChI=1S/C12H10ClNO2S.Na/c13-9-3-1-2-8(4-9)5-11-14-10(7-17-11)6-12(15)16;/h1-4,7H,5-6H2,(H,15,16);/q;+1/p-1. The number of nitrogens with zero attached hydrogens (tertiary/aromatic N) is 1. The molecular weight excluding hydrogens is 281 g/mol. The Morgan fingerprint density at radius 1 is 1.44 bits per heavy atom. The maximum absolute atomic E-state index is 10.4. The van der Waals surface area contributed by atoms with E-state index in [-0.39, 0.29) is 36.0 Å². The van der Waals surface area contributed by atoms with Crippen LogP contribution in [0.25, 0.3) is 0 Å². The summed E-state index contributed by atoms with van der Waals surface area (Å²) in [5.41, 5.74) is 1.61. The summed E-state index contributed by atoms with van der Waals surface area (Å²) in [6.45, 7) is 0. The molecule has 0 radical (unpaired) electrons. The fraction of sp³-hybridized carbons (Fsp3) is 0.167. The Kier molecular flexibility index (Phi) is 6.32. The predicted octanol–water partition coefficient (Wildman–Crippen LogP) is -1.32. The molecule has 2 aromatic rings. The van der Waals surface area contributed by atoms with Gasteiger partial charge in [0.15, 0.2) is 0 Å². The van der Waals surface area contributed by atoms with Gasteiger partial charge in [-0.1, -0.05) is 23.7 Å². The zero-order chi connectivity index (χ0) is 12.3. The molecule has 1 aromatic heterocycles. The Labute approximate surface area is 136 Å². The molecule has 0 aliphatic heterocycles. The second-order valence-electron chi connectivity index (χ2n) is 3.59. The summed E-state index contributed by atoms with van der Waals surface area (Å²) in [6.07, 6.45) is 0.532. The van der Waals surface area contributed by atoms with Crippen LogP contribution in [0.1, 0.15) is 16.3 Å². The van der Waals surface area contributed by atoms with Gasteiger partial charge in [-0.15, -0.1) is 11.3 Å². The number of carboxylic acid groups (broad SMARTS) is 1. The second-order valence-corrected chi connectivity index (χ2v) is 4.97. The number of hydrogen-bond donors (Lipinski definition) is 0. The summed E-state index contributed by atoms with van der Waals surface area (Å²) in [7, 11) is 0. The average Bonchev–Trinajstić information content (AvgIpc) is 2.64. The summed E-state index contributed by atoms with van der Waals surface area (Å²) in [5.74, 6) is -1.11. The molecule has 6 heteroatoms. The number of thiazole rings is 1. The number of halogens is 1. The van der Waals surface area contributed by atoms with Gasteiger partial charge in [0.25, 0.3) is 0 Å². The van der Waals surface area contributed by atoms with Crippen LogP contribution in [0.2, 0.25) is 5.02 Å². The minimum atomic E-state index is -1.11. The molecule has 0 aliphatic rings. The molecule has 0 unspecified atom stereocenters. The van der Waals surface area contributed by atoms with Crippen LogP contribution in [0, 0.1) is 0 Å². The van der Waals surface area contributed by atoms with Crippen molar-refractivity contribution >= 4 is 28.9 Å². The molecular formula is C12H9ClNNaO2S. The SMILES string of the molecule is O=C([O-])Cc1csc(Cc2cccc(Cl)c2)n1.[Na+]. The maximum Gasteiger partial charge on any atom is 1.00 e. The van der Waals surface area contributed by atoms with Crippen molar-refractivity contribution < 1.29 is 39.5 Å². The molecule has 0 saturated carbocycles. The van der Waals surface area contributed by atoms with E-state index in [9.17, 15) is 9.90 Å². The van der Waals surface area contributed by atoms with E-state index in [1.807, 2.05) is 24.3 Å². The van der Waals surface area contributed by atoms with Gasteiger partial charge in [0.1, 0.15) is 0 Å². The Balaban J connectivity index is 0.00000162. The van der Waals surface area contributed by atoms with E-state index in [0.717, 1.165) is 10.6 Å². The molecule has 0 bridgehead atoms. The maximum atomic E-state index is 10.4. The minimum Gasteiger partial charge on any atom is -0.550 e. The van der Waals surface area contributed by atoms with Crippen molar-refractivity contribution in [2.75, 3.05) is 0 Å². The van der Waals surface area contributed by atoms with Gasteiger partial charge in [0, 0.05) is 29.2 Å². The molecule has 1 heterocycles. The van der Waals surface area contributed by atoms with Gasteiger partial charge in [-0.25, -0.2) is 4.98 Å².